The van der Waals surface area contributed by atoms with Gasteiger partial charge < -0.3 is 10.1 Å². The second-order valence-corrected chi connectivity index (χ2v) is 4.89. The highest BCUT2D eigenvalue weighted by molar-refractivity contribution is 5.38. The predicted octanol–water partition coefficient (Wildman–Crippen LogP) is 1.33. The Morgan fingerprint density at radius 3 is 2.77 bits per heavy atom. The third-order valence-electron chi connectivity index (χ3n) is 2.68. The third kappa shape index (κ3) is 2.99. The summed E-state index contributed by atoms with van der Waals surface area (Å²) in [5.74, 6) is 0. The Labute approximate surface area is 79.8 Å². The lowest BCUT2D eigenvalue weighted by Gasteiger charge is -2.32. The van der Waals surface area contributed by atoms with Gasteiger partial charge in [0.1, 0.15) is 5.60 Å². The second kappa shape index (κ2) is 3.66. The Bertz CT molecular complexity index is 183. The molecule has 0 amide bonds. The van der Waals surface area contributed by atoms with Gasteiger partial charge in [0.2, 0.25) is 0 Å². The Morgan fingerprint density at radius 2 is 2.31 bits per heavy atom. The molecule has 0 bridgehead atoms. The molecule has 0 aromatic carbocycles. The van der Waals surface area contributed by atoms with Crippen LogP contribution in [0, 0.1) is 5.41 Å². The summed E-state index contributed by atoms with van der Waals surface area (Å²) in [5, 5.41) is 3.33. The fourth-order valence-corrected chi connectivity index (χ4v) is 2.22. The summed E-state index contributed by atoms with van der Waals surface area (Å²) in [7, 11) is 0. The molecular weight excluding hydrogens is 166 g/mol. The molecule has 0 aromatic heterocycles. The van der Waals surface area contributed by atoms with E-state index < -0.39 is 0 Å². The van der Waals surface area contributed by atoms with Crippen LogP contribution in [0.2, 0.25) is 0 Å². The molecule has 1 N–H and O–H groups in total. The summed E-state index contributed by atoms with van der Waals surface area (Å²) in [6.45, 7) is 8.82. The summed E-state index contributed by atoms with van der Waals surface area (Å²) < 4.78 is 5.05. The Balaban J connectivity index is 2.50. The quantitative estimate of drug-likeness (QED) is 0.671. The van der Waals surface area contributed by atoms with Crippen LogP contribution in [0.4, 0.5) is 0 Å². The Hall–Kier alpha value is -0.570. The van der Waals surface area contributed by atoms with Crippen LogP contribution in [0.5, 0.6) is 0 Å². The van der Waals surface area contributed by atoms with Gasteiger partial charge in [-0.1, -0.05) is 6.92 Å². The average molecular weight is 185 g/mol. The molecule has 0 spiro atoms. The molecular formula is C10H19NO2. The molecule has 1 aliphatic heterocycles. The molecule has 1 rings (SSSR count). The molecule has 0 aliphatic carbocycles. The number of hydrogen-bond acceptors (Lipinski definition) is 3. The Kier molecular flexibility index (Phi) is 2.96. The zero-order valence-corrected chi connectivity index (χ0v) is 8.72. The molecule has 13 heavy (non-hydrogen) atoms. The van der Waals surface area contributed by atoms with E-state index in [0.717, 1.165) is 19.5 Å². The van der Waals surface area contributed by atoms with Gasteiger partial charge in [-0.2, -0.15) is 0 Å². The van der Waals surface area contributed by atoms with Crippen LogP contribution in [0.25, 0.3) is 0 Å². The molecule has 3 nitrogen and oxygen atoms in total. The van der Waals surface area contributed by atoms with Gasteiger partial charge in [-0.15, -0.1) is 0 Å². The van der Waals surface area contributed by atoms with Crippen LogP contribution in [-0.2, 0) is 9.53 Å². The van der Waals surface area contributed by atoms with E-state index in [1.165, 1.54) is 6.42 Å². The first-order chi connectivity index (χ1) is 5.97. The van der Waals surface area contributed by atoms with Gasteiger partial charge in [0, 0.05) is 6.54 Å². The van der Waals surface area contributed by atoms with Crippen LogP contribution in [0.1, 0.15) is 33.6 Å². The van der Waals surface area contributed by atoms with Crippen molar-refractivity contribution in [3.63, 3.8) is 0 Å². The summed E-state index contributed by atoms with van der Waals surface area (Å²) in [6, 6.07) is 0. The highest BCUT2D eigenvalue weighted by atomic mass is 16.5. The zero-order valence-electron chi connectivity index (χ0n) is 8.72. The van der Waals surface area contributed by atoms with E-state index >= 15 is 0 Å². The SMILES string of the molecule is CC1(CC(C)(C)OC=O)CCNC1. The molecule has 1 saturated heterocycles. The predicted molar refractivity (Wildman–Crippen MR) is 51.4 cm³/mol. The number of nitrogens with one attached hydrogen (secondary N) is 1. The first-order valence-electron chi connectivity index (χ1n) is 4.80. The normalized spacial score (nSPS) is 28.8. The molecule has 1 heterocycles. The minimum absolute atomic E-state index is 0.284. The number of carbonyl (C=O) groups is 1. The number of hydrogen-bond donors (Lipinski definition) is 1. The summed E-state index contributed by atoms with van der Waals surface area (Å²) in [4.78, 5) is 10.3. The lowest BCUT2D eigenvalue weighted by molar-refractivity contribution is -0.142. The summed E-state index contributed by atoms with van der Waals surface area (Å²) in [6.07, 6.45) is 2.09. The minimum Gasteiger partial charge on any atom is -0.462 e. The van der Waals surface area contributed by atoms with Crippen molar-refractivity contribution in [2.45, 2.75) is 39.2 Å². The van der Waals surface area contributed by atoms with E-state index in [2.05, 4.69) is 12.2 Å². The average Bonchev–Trinajstić information content (AvgIpc) is 2.33. The lowest BCUT2D eigenvalue weighted by Crippen LogP contribution is -2.34. The first kappa shape index (κ1) is 10.5. The maximum atomic E-state index is 10.3. The van der Waals surface area contributed by atoms with Crippen LogP contribution in [0.15, 0.2) is 0 Å². The number of rotatable bonds is 4. The van der Waals surface area contributed by atoms with Gasteiger partial charge in [0.05, 0.1) is 0 Å². The smallest absolute Gasteiger partial charge is 0.293 e. The van der Waals surface area contributed by atoms with Crippen molar-refractivity contribution in [2.75, 3.05) is 13.1 Å². The number of ether oxygens (including phenoxy) is 1. The van der Waals surface area contributed by atoms with Crippen molar-refractivity contribution >= 4 is 6.47 Å². The molecule has 1 aliphatic rings. The van der Waals surface area contributed by atoms with Crippen LogP contribution >= 0.6 is 0 Å². The second-order valence-electron chi connectivity index (χ2n) is 4.89. The van der Waals surface area contributed by atoms with Gasteiger partial charge >= 0.3 is 0 Å². The van der Waals surface area contributed by atoms with E-state index in [4.69, 9.17) is 4.74 Å². The van der Waals surface area contributed by atoms with Crippen LogP contribution in [-0.4, -0.2) is 25.2 Å². The molecule has 1 atom stereocenters. The maximum Gasteiger partial charge on any atom is 0.293 e. The largest absolute Gasteiger partial charge is 0.462 e. The maximum absolute atomic E-state index is 10.3. The van der Waals surface area contributed by atoms with Crippen molar-refractivity contribution < 1.29 is 9.53 Å². The molecule has 0 saturated carbocycles. The van der Waals surface area contributed by atoms with Crippen molar-refractivity contribution in [3.8, 4) is 0 Å². The first-order valence-corrected chi connectivity index (χ1v) is 4.80. The summed E-state index contributed by atoms with van der Waals surface area (Å²) in [5.41, 5.74) is -0.0466. The minimum atomic E-state index is -0.331. The topological polar surface area (TPSA) is 38.3 Å². The van der Waals surface area contributed by atoms with Gasteiger partial charge in [0.25, 0.3) is 6.47 Å². The van der Waals surface area contributed by atoms with Crippen molar-refractivity contribution in [1.82, 2.24) is 5.32 Å². The van der Waals surface area contributed by atoms with Gasteiger partial charge in [-0.25, -0.2) is 0 Å². The lowest BCUT2D eigenvalue weighted by atomic mass is 9.79. The van der Waals surface area contributed by atoms with E-state index in [1.54, 1.807) is 0 Å². The highest BCUT2D eigenvalue weighted by Crippen LogP contribution is 2.35. The van der Waals surface area contributed by atoms with Crippen molar-refractivity contribution in [3.05, 3.63) is 0 Å². The molecule has 0 radical (unpaired) electrons. The van der Waals surface area contributed by atoms with E-state index in [-0.39, 0.29) is 11.0 Å². The fourth-order valence-electron chi connectivity index (χ4n) is 2.22. The monoisotopic (exact) mass is 185 g/mol. The molecule has 0 aromatic rings. The zero-order chi connectivity index (χ0) is 9.95. The number of carbonyl (C=O) groups excluding carboxylic acids is 1. The van der Waals surface area contributed by atoms with Crippen LogP contribution in [0.3, 0.4) is 0 Å². The van der Waals surface area contributed by atoms with Crippen molar-refractivity contribution in [2.24, 2.45) is 5.41 Å². The van der Waals surface area contributed by atoms with Gasteiger partial charge in [-0.3, -0.25) is 4.79 Å². The fraction of sp³-hybridized carbons (Fsp3) is 0.900. The third-order valence-corrected chi connectivity index (χ3v) is 2.68. The van der Waals surface area contributed by atoms with Gasteiger partial charge in [-0.05, 0) is 38.6 Å². The standard InChI is InChI=1S/C10H19NO2/c1-9(2,13-8-12)6-10(3)4-5-11-7-10/h8,11H,4-7H2,1-3H3. The molecule has 1 fully saturated rings. The highest BCUT2D eigenvalue weighted by Gasteiger charge is 2.35. The van der Waals surface area contributed by atoms with E-state index in [1.807, 2.05) is 13.8 Å². The Morgan fingerprint density at radius 1 is 1.62 bits per heavy atom. The van der Waals surface area contributed by atoms with Crippen LogP contribution < -0.4 is 5.32 Å². The molecule has 76 valence electrons. The van der Waals surface area contributed by atoms with Crippen molar-refractivity contribution in [1.29, 1.82) is 0 Å². The van der Waals surface area contributed by atoms with Gasteiger partial charge in [0.15, 0.2) is 0 Å². The van der Waals surface area contributed by atoms with E-state index in [0.29, 0.717) is 6.47 Å². The van der Waals surface area contributed by atoms with E-state index in [9.17, 15) is 4.79 Å². The molecule has 1 unspecified atom stereocenters. The molecule has 3 heteroatoms. The summed E-state index contributed by atoms with van der Waals surface area (Å²) >= 11 is 0.